The number of aliphatic carboxylic acids is 1. The second kappa shape index (κ2) is 7.41. The number of carboxylic acids is 1. The highest BCUT2D eigenvalue weighted by atomic mass is 32.1. The molecule has 25 heavy (non-hydrogen) atoms. The van der Waals surface area contributed by atoms with E-state index in [9.17, 15) is 9.59 Å². The summed E-state index contributed by atoms with van der Waals surface area (Å²) in [5.41, 5.74) is 2.67. The number of carbonyl (C=O) groups is 2. The summed E-state index contributed by atoms with van der Waals surface area (Å²) in [6.07, 6.45) is -0.522. The second-order valence-electron chi connectivity index (χ2n) is 6.29. The summed E-state index contributed by atoms with van der Waals surface area (Å²) in [7, 11) is 0. The van der Waals surface area contributed by atoms with Gasteiger partial charge in [-0.15, -0.1) is 11.3 Å². The van der Waals surface area contributed by atoms with Crippen LogP contribution in [-0.4, -0.2) is 52.3 Å². The molecule has 0 unspecified atom stereocenters. The molecule has 0 aromatic carbocycles. The highest BCUT2D eigenvalue weighted by molar-refractivity contribution is 7.09. The van der Waals surface area contributed by atoms with Crippen LogP contribution in [0.1, 0.15) is 33.0 Å². The van der Waals surface area contributed by atoms with E-state index >= 15 is 0 Å². The number of hydrogen-bond donors (Lipinski definition) is 1. The fourth-order valence-electron chi connectivity index (χ4n) is 3.21. The zero-order valence-electron chi connectivity index (χ0n) is 14.4. The molecule has 1 amide bonds. The average Bonchev–Trinajstić information content (AvgIpc) is 3.17. The molecule has 1 fully saturated rings. The molecule has 0 radical (unpaired) electrons. The molecular weight excluding hydrogens is 340 g/mol. The van der Waals surface area contributed by atoms with E-state index in [1.807, 2.05) is 31.4 Å². The van der Waals surface area contributed by atoms with E-state index in [4.69, 9.17) is 9.84 Å². The van der Waals surface area contributed by atoms with Gasteiger partial charge in [0, 0.05) is 29.4 Å². The molecule has 0 saturated carbocycles. The Bertz CT molecular complexity index is 766. The molecule has 2 aromatic rings. The Morgan fingerprint density at radius 1 is 1.40 bits per heavy atom. The van der Waals surface area contributed by atoms with E-state index in [-0.39, 0.29) is 12.3 Å². The Hall–Kier alpha value is -2.12. The molecule has 3 heterocycles. The van der Waals surface area contributed by atoms with Crippen LogP contribution in [0.25, 0.3) is 0 Å². The molecule has 1 N–H and O–H groups in total. The van der Waals surface area contributed by atoms with Crippen LogP contribution in [0.4, 0.5) is 0 Å². The zero-order chi connectivity index (χ0) is 18.0. The second-order valence-corrected chi connectivity index (χ2v) is 7.32. The third-order valence-corrected chi connectivity index (χ3v) is 5.39. The van der Waals surface area contributed by atoms with E-state index in [1.54, 1.807) is 16.2 Å². The first-order valence-electron chi connectivity index (χ1n) is 8.27. The lowest BCUT2D eigenvalue weighted by Crippen LogP contribution is -2.46. The Morgan fingerprint density at radius 3 is 2.88 bits per heavy atom. The maximum absolute atomic E-state index is 12.9. The van der Waals surface area contributed by atoms with Gasteiger partial charge in [0.25, 0.3) is 5.91 Å². The first-order valence-corrected chi connectivity index (χ1v) is 9.15. The summed E-state index contributed by atoms with van der Waals surface area (Å²) in [5, 5.41) is 11.0. The maximum Gasteiger partial charge on any atom is 0.306 e. The molecule has 1 atom stereocenters. The SMILES string of the molecule is Cc1cc(C(=O)N2CCO[C@H](CC(=O)O)C2)c(C)n1Cc1cccs1. The van der Waals surface area contributed by atoms with Gasteiger partial charge in [0.15, 0.2) is 0 Å². The van der Waals surface area contributed by atoms with Crippen molar-refractivity contribution in [3.05, 3.63) is 45.4 Å². The third kappa shape index (κ3) is 3.93. The van der Waals surface area contributed by atoms with Gasteiger partial charge in [-0.3, -0.25) is 9.59 Å². The van der Waals surface area contributed by atoms with Crippen molar-refractivity contribution < 1.29 is 19.4 Å². The van der Waals surface area contributed by atoms with Gasteiger partial charge in [-0.05, 0) is 31.4 Å². The van der Waals surface area contributed by atoms with Crippen molar-refractivity contribution in [2.45, 2.75) is 32.9 Å². The molecule has 7 heteroatoms. The van der Waals surface area contributed by atoms with E-state index in [1.165, 1.54) is 4.88 Å². The molecule has 134 valence electrons. The fraction of sp³-hybridized carbons (Fsp3) is 0.444. The first kappa shape index (κ1) is 17.7. The van der Waals surface area contributed by atoms with Crippen LogP contribution in [0.2, 0.25) is 0 Å². The number of thiophene rings is 1. The highest BCUT2D eigenvalue weighted by Gasteiger charge is 2.28. The van der Waals surface area contributed by atoms with Crippen molar-refractivity contribution in [2.24, 2.45) is 0 Å². The van der Waals surface area contributed by atoms with Gasteiger partial charge < -0.3 is 19.3 Å². The maximum atomic E-state index is 12.9. The van der Waals surface area contributed by atoms with Gasteiger partial charge in [-0.1, -0.05) is 6.07 Å². The molecular formula is C18H22N2O4S. The van der Waals surface area contributed by atoms with Crippen molar-refractivity contribution in [1.82, 2.24) is 9.47 Å². The van der Waals surface area contributed by atoms with Crippen LogP contribution in [0, 0.1) is 13.8 Å². The topological polar surface area (TPSA) is 71.8 Å². The lowest BCUT2D eigenvalue weighted by atomic mass is 10.1. The van der Waals surface area contributed by atoms with Gasteiger partial charge in [0.1, 0.15) is 0 Å². The van der Waals surface area contributed by atoms with Crippen molar-refractivity contribution in [3.8, 4) is 0 Å². The van der Waals surface area contributed by atoms with Crippen LogP contribution in [0.5, 0.6) is 0 Å². The lowest BCUT2D eigenvalue weighted by Gasteiger charge is -2.32. The summed E-state index contributed by atoms with van der Waals surface area (Å²) in [6.45, 7) is 5.90. The minimum Gasteiger partial charge on any atom is -0.481 e. The Balaban J connectivity index is 1.77. The number of ether oxygens (including phenoxy) is 1. The van der Waals surface area contributed by atoms with Crippen LogP contribution in [-0.2, 0) is 16.1 Å². The van der Waals surface area contributed by atoms with E-state index in [0.29, 0.717) is 25.3 Å². The summed E-state index contributed by atoms with van der Waals surface area (Å²) >= 11 is 1.70. The number of carbonyl (C=O) groups excluding carboxylic acids is 1. The highest BCUT2D eigenvalue weighted by Crippen LogP contribution is 2.22. The largest absolute Gasteiger partial charge is 0.481 e. The molecule has 0 bridgehead atoms. The summed E-state index contributed by atoms with van der Waals surface area (Å²) < 4.78 is 7.60. The average molecular weight is 362 g/mol. The van der Waals surface area contributed by atoms with E-state index < -0.39 is 12.1 Å². The molecule has 1 saturated heterocycles. The molecule has 0 aliphatic carbocycles. The minimum absolute atomic E-state index is 0.0516. The van der Waals surface area contributed by atoms with Crippen molar-refractivity contribution in [3.63, 3.8) is 0 Å². The van der Waals surface area contributed by atoms with Crippen molar-refractivity contribution >= 4 is 23.2 Å². The summed E-state index contributed by atoms with van der Waals surface area (Å²) in [4.78, 5) is 26.8. The van der Waals surface area contributed by atoms with Crippen molar-refractivity contribution in [2.75, 3.05) is 19.7 Å². The number of amides is 1. The van der Waals surface area contributed by atoms with Crippen LogP contribution < -0.4 is 0 Å². The molecule has 3 rings (SSSR count). The molecule has 1 aliphatic heterocycles. The monoisotopic (exact) mass is 362 g/mol. The van der Waals surface area contributed by atoms with Crippen LogP contribution >= 0.6 is 11.3 Å². The molecule has 2 aromatic heterocycles. The fourth-order valence-corrected chi connectivity index (χ4v) is 3.90. The Morgan fingerprint density at radius 2 is 2.20 bits per heavy atom. The molecule has 0 spiro atoms. The van der Waals surface area contributed by atoms with Crippen LogP contribution in [0.3, 0.4) is 0 Å². The molecule has 1 aliphatic rings. The van der Waals surface area contributed by atoms with Gasteiger partial charge in [0.05, 0.1) is 31.2 Å². The summed E-state index contributed by atoms with van der Waals surface area (Å²) in [6, 6.07) is 6.03. The smallest absolute Gasteiger partial charge is 0.306 e. The standard InChI is InChI=1S/C18H22N2O4S/c1-12-8-16(13(2)20(12)11-15-4-3-7-25-15)18(23)19-5-6-24-14(10-19)9-17(21)22/h3-4,7-8,14H,5-6,9-11H2,1-2H3,(H,21,22)/t14-/m1/s1. The predicted octanol–water partition coefficient (Wildman–Crippen LogP) is 2.53. The Labute approximate surface area is 150 Å². The van der Waals surface area contributed by atoms with Gasteiger partial charge in [0.2, 0.25) is 0 Å². The number of carboxylic acid groups (broad SMARTS) is 1. The number of aromatic nitrogens is 1. The normalized spacial score (nSPS) is 17.7. The van der Waals surface area contributed by atoms with Gasteiger partial charge in [-0.2, -0.15) is 0 Å². The number of morpholine rings is 1. The Kier molecular flexibility index (Phi) is 5.24. The van der Waals surface area contributed by atoms with E-state index in [2.05, 4.69) is 10.6 Å². The van der Waals surface area contributed by atoms with Gasteiger partial charge in [-0.25, -0.2) is 0 Å². The zero-order valence-corrected chi connectivity index (χ0v) is 15.2. The lowest BCUT2D eigenvalue weighted by molar-refractivity contribution is -0.141. The van der Waals surface area contributed by atoms with E-state index in [0.717, 1.165) is 17.9 Å². The summed E-state index contributed by atoms with van der Waals surface area (Å²) in [5.74, 6) is -0.961. The minimum atomic E-state index is -0.909. The number of nitrogens with zero attached hydrogens (tertiary/aromatic N) is 2. The molecule has 6 nitrogen and oxygen atoms in total. The number of hydrogen-bond acceptors (Lipinski definition) is 4. The third-order valence-electron chi connectivity index (χ3n) is 4.53. The number of rotatable bonds is 5. The first-order chi connectivity index (χ1) is 12.0. The van der Waals surface area contributed by atoms with Gasteiger partial charge >= 0.3 is 5.97 Å². The van der Waals surface area contributed by atoms with Crippen LogP contribution in [0.15, 0.2) is 23.6 Å². The van der Waals surface area contributed by atoms with Crippen molar-refractivity contribution in [1.29, 1.82) is 0 Å². The number of aryl methyl sites for hydroxylation is 1. The predicted molar refractivity (Wildman–Crippen MR) is 95.2 cm³/mol. The quantitative estimate of drug-likeness (QED) is 0.887.